The predicted octanol–water partition coefficient (Wildman–Crippen LogP) is 2.03. The van der Waals surface area contributed by atoms with Crippen LogP contribution in [0.5, 0.6) is 0 Å². The van der Waals surface area contributed by atoms with Gasteiger partial charge in [0.15, 0.2) is 9.84 Å². The van der Waals surface area contributed by atoms with Crippen molar-refractivity contribution in [2.45, 2.75) is 25.3 Å². The Bertz CT molecular complexity index is 858. The smallest absolute Gasteiger partial charge is 0.247 e. The van der Waals surface area contributed by atoms with Crippen LogP contribution in [-0.2, 0) is 19.4 Å². The zero-order valence-corrected chi connectivity index (χ0v) is 16.0. The van der Waals surface area contributed by atoms with E-state index in [4.69, 9.17) is 0 Å². The second kappa shape index (κ2) is 8.08. The van der Waals surface area contributed by atoms with Crippen molar-refractivity contribution < 1.29 is 18.0 Å². The van der Waals surface area contributed by atoms with Crippen molar-refractivity contribution >= 4 is 33.4 Å². The lowest BCUT2D eigenvalue weighted by atomic mass is 10.1. The highest BCUT2D eigenvalue weighted by atomic mass is 32.2. The summed E-state index contributed by atoms with van der Waals surface area (Å²) in [4.78, 5) is 27.7. The van der Waals surface area contributed by atoms with Crippen molar-refractivity contribution in [3.05, 3.63) is 48.6 Å². The van der Waals surface area contributed by atoms with Gasteiger partial charge >= 0.3 is 0 Å². The molecule has 1 unspecified atom stereocenters. The molecule has 1 atom stereocenters. The normalized spacial score (nSPS) is 21.7. The number of nitrogens with zero attached hydrogens (tertiary/aromatic N) is 2. The molecule has 2 aliphatic heterocycles. The van der Waals surface area contributed by atoms with Crippen LogP contribution in [0.3, 0.4) is 0 Å². The van der Waals surface area contributed by atoms with Crippen LogP contribution < -0.4 is 4.90 Å². The number of sulfone groups is 1. The Kier molecular flexibility index (Phi) is 5.79. The summed E-state index contributed by atoms with van der Waals surface area (Å²) in [5, 5.41) is 0. The molecule has 3 rings (SSSR count). The molecule has 7 heteroatoms. The number of hydrogen-bond acceptors (Lipinski definition) is 4. The molecular weight excluding hydrogens is 364 g/mol. The van der Waals surface area contributed by atoms with Crippen LogP contribution in [0.4, 0.5) is 5.69 Å². The van der Waals surface area contributed by atoms with E-state index in [1.165, 1.54) is 6.08 Å². The van der Waals surface area contributed by atoms with Gasteiger partial charge in [-0.15, -0.1) is 6.58 Å². The Balaban J connectivity index is 1.67. The fraction of sp³-hybridized carbons (Fsp3) is 0.400. The van der Waals surface area contributed by atoms with Crippen molar-refractivity contribution in [3.63, 3.8) is 0 Å². The molecule has 0 aliphatic carbocycles. The third-order valence-electron chi connectivity index (χ3n) is 4.95. The van der Waals surface area contributed by atoms with E-state index in [2.05, 4.69) is 6.58 Å². The highest BCUT2D eigenvalue weighted by Crippen LogP contribution is 2.22. The average molecular weight is 388 g/mol. The maximum Gasteiger partial charge on any atom is 0.247 e. The number of rotatable bonds is 6. The van der Waals surface area contributed by atoms with Crippen LogP contribution in [0.1, 0.15) is 24.8 Å². The van der Waals surface area contributed by atoms with E-state index in [0.717, 1.165) is 24.2 Å². The minimum absolute atomic E-state index is 0.0129. The molecule has 0 radical (unpaired) electrons. The summed E-state index contributed by atoms with van der Waals surface area (Å²) in [5.41, 5.74) is 1.71. The molecule has 2 aliphatic rings. The molecule has 0 N–H and O–H groups in total. The lowest BCUT2D eigenvalue weighted by Crippen LogP contribution is -2.40. The third-order valence-corrected chi connectivity index (χ3v) is 6.70. The standard InChI is InChI=1S/C20H24N2O4S/c1-2-12-21(18-11-14-27(25,26)15-18)20(24)10-7-16-5-8-17(9-6-16)22-13-3-4-19(22)23/h2,5-10,18H,1,3-4,11-15H2. The summed E-state index contributed by atoms with van der Waals surface area (Å²) in [6.45, 7) is 4.73. The minimum atomic E-state index is -3.06. The van der Waals surface area contributed by atoms with E-state index in [9.17, 15) is 18.0 Å². The average Bonchev–Trinajstić information content (AvgIpc) is 3.23. The van der Waals surface area contributed by atoms with Gasteiger partial charge in [0.25, 0.3) is 0 Å². The molecule has 2 saturated heterocycles. The molecule has 0 spiro atoms. The van der Waals surface area contributed by atoms with Crippen molar-refractivity contribution in [3.8, 4) is 0 Å². The largest absolute Gasteiger partial charge is 0.331 e. The molecule has 0 bridgehead atoms. The van der Waals surface area contributed by atoms with E-state index in [0.29, 0.717) is 19.4 Å². The summed E-state index contributed by atoms with van der Waals surface area (Å²) in [6, 6.07) is 7.18. The number of benzene rings is 1. The topological polar surface area (TPSA) is 74.8 Å². The summed E-state index contributed by atoms with van der Waals surface area (Å²) in [6.07, 6.45) is 6.71. The summed E-state index contributed by atoms with van der Waals surface area (Å²) in [5.74, 6) is 0.0497. The molecule has 2 heterocycles. The Morgan fingerprint density at radius 2 is 2.04 bits per heavy atom. The van der Waals surface area contributed by atoms with Gasteiger partial charge in [0.2, 0.25) is 11.8 Å². The summed E-state index contributed by atoms with van der Waals surface area (Å²) in [7, 11) is -3.06. The quantitative estimate of drug-likeness (QED) is 0.552. The lowest BCUT2D eigenvalue weighted by molar-refractivity contribution is -0.127. The number of carbonyl (C=O) groups excluding carboxylic acids is 2. The number of anilines is 1. The Morgan fingerprint density at radius 1 is 1.30 bits per heavy atom. The van der Waals surface area contributed by atoms with Gasteiger partial charge in [-0.1, -0.05) is 18.2 Å². The molecule has 2 fully saturated rings. The number of carbonyl (C=O) groups is 2. The van der Waals surface area contributed by atoms with Crippen LogP contribution in [0, 0.1) is 0 Å². The van der Waals surface area contributed by atoms with Gasteiger partial charge in [0, 0.05) is 37.3 Å². The van der Waals surface area contributed by atoms with Crippen LogP contribution in [-0.4, -0.2) is 55.8 Å². The van der Waals surface area contributed by atoms with Gasteiger partial charge in [-0.05, 0) is 36.6 Å². The maximum absolute atomic E-state index is 12.6. The molecule has 1 aromatic carbocycles. The van der Waals surface area contributed by atoms with Gasteiger partial charge in [0.1, 0.15) is 0 Å². The van der Waals surface area contributed by atoms with Crippen molar-refractivity contribution in [2.75, 3.05) is 29.5 Å². The van der Waals surface area contributed by atoms with E-state index in [-0.39, 0.29) is 29.4 Å². The van der Waals surface area contributed by atoms with Crippen LogP contribution in [0.2, 0.25) is 0 Å². The molecule has 0 saturated carbocycles. The molecule has 2 amide bonds. The van der Waals surface area contributed by atoms with Crippen molar-refractivity contribution in [1.29, 1.82) is 0 Å². The van der Waals surface area contributed by atoms with Gasteiger partial charge < -0.3 is 9.80 Å². The highest BCUT2D eigenvalue weighted by molar-refractivity contribution is 7.91. The second-order valence-electron chi connectivity index (χ2n) is 6.91. The van der Waals surface area contributed by atoms with E-state index < -0.39 is 9.84 Å². The van der Waals surface area contributed by atoms with Gasteiger partial charge in [0.05, 0.1) is 11.5 Å². The Hall–Kier alpha value is -2.41. The molecule has 27 heavy (non-hydrogen) atoms. The van der Waals surface area contributed by atoms with E-state index in [1.54, 1.807) is 22.0 Å². The molecule has 6 nitrogen and oxygen atoms in total. The van der Waals surface area contributed by atoms with E-state index in [1.807, 2.05) is 24.3 Å². The Morgan fingerprint density at radius 3 is 2.59 bits per heavy atom. The minimum Gasteiger partial charge on any atom is -0.331 e. The number of amides is 2. The first-order chi connectivity index (χ1) is 12.9. The van der Waals surface area contributed by atoms with Crippen LogP contribution >= 0.6 is 0 Å². The third kappa shape index (κ3) is 4.66. The zero-order valence-electron chi connectivity index (χ0n) is 15.2. The molecule has 1 aromatic rings. The first-order valence-electron chi connectivity index (χ1n) is 9.10. The van der Waals surface area contributed by atoms with Crippen molar-refractivity contribution in [1.82, 2.24) is 4.90 Å². The summed E-state index contributed by atoms with van der Waals surface area (Å²) >= 11 is 0. The highest BCUT2D eigenvalue weighted by Gasteiger charge is 2.33. The maximum atomic E-state index is 12.6. The lowest BCUT2D eigenvalue weighted by Gasteiger charge is -2.25. The SMILES string of the molecule is C=CCN(C(=O)C=Cc1ccc(N2CCCC2=O)cc1)C1CCS(=O)(=O)C1. The van der Waals surface area contributed by atoms with Crippen LogP contribution in [0.25, 0.3) is 6.08 Å². The molecular formula is C20H24N2O4S. The zero-order chi connectivity index (χ0) is 19.4. The van der Waals surface area contributed by atoms with Gasteiger partial charge in [-0.25, -0.2) is 8.42 Å². The monoisotopic (exact) mass is 388 g/mol. The fourth-order valence-corrected chi connectivity index (χ4v) is 5.26. The van der Waals surface area contributed by atoms with Gasteiger partial charge in [-0.2, -0.15) is 0 Å². The van der Waals surface area contributed by atoms with Gasteiger partial charge in [-0.3, -0.25) is 9.59 Å². The molecule has 0 aromatic heterocycles. The number of hydrogen-bond donors (Lipinski definition) is 0. The first kappa shape index (κ1) is 19.4. The molecule has 144 valence electrons. The predicted molar refractivity (Wildman–Crippen MR) is 106 cm³/mol. The fourth-order valence-electron chi connectivity index (χ4n) is 3.53. The second-order valence-corrected chi connectivity index (χ2v) is 9.14. The van der Waals surface area contributed by atoms with E-state index >= 15 is 0 Å². The van der Waals surface area contributed by atoms with Crippen molar-refractivity contribution in [2.24, 2.45) is 0 Å². The Labute approximate surface area is 160 Å². The first-order valence-corrected chi connectivity index (χ1v) is 10.9. The van der Waals surface area contributed by atoms with Crippen LogP contribution in [0.15, 0.2) is 43.0 Å². The summed E-state index contributed by atoms with van der Waals surface area (Å²) < 4.78 is 23.4.